The molecule has 2 rings (SSSR count). The Hall–Kier alpha value is -1.27. The maximum absolute atomic E-state index is 12.0. The van der Waals surface area contributed by atoms with Crippen molar-refractivity contribution in [2.75, 3.05) is 0 Å². The zero-order chi connectivity index (χ0) is 10.8. The first-order chi connectivity index (χ1) is 7.24. The Balaban J connectivity index is 2.23. The van der Waals surface area contributed by atoms with Gasteiger partial charge < -0.3 is 10.7 Å². The molecule has 1 aliphatic heterocycles. The monoisotopic (exact) mass is 224 g/mol. The molecule has 0 fully saturated rings. The third-order valence-electron chi connectivity index (χ3n) is 2.19. The van der Waals surface area contributed by atoms with E-state index in [0.717, 1.165) is 12.1 Å². The fourth-order valence-corrected chi connectivity index (χ4v) is 2.35. The van der Waals surface area contributed by atoms with Gasteiger partial charge in [0, 0.05) is 18.1 Å². The zero-order valence-corrected chi connectivity index (χ0v) is 9.12. The number of carbonyl (C=O) groups is 1. The largest absolute Gasteiger partial charge is 0.341 e. The number of allylic oxidation sites excluding steroid dienone is 1. The van der Waals surface area contributed by atoms with Crippen LogP contribution in [0.4, 0.5) is 0 Å². The minimum atomic E-state index is -0.336. The SMILES string of the molecule is CCC1=CSC(N)N1C(=O)c1ncc[nH]1. The second-order valence-corrected chi connectivity index (χ2v) is 4.09. The summed E-state index contributed by atoms with van der Waals surface area (Å²) in [5.41, 5.74) is 6.43. The highest BCUT2D eigenvalue weighted by atomic mass is 32.2. The summed E-state index contributed by atoms with van der Waals surface area (Å²) in [5, 5.41) is 1.92. The molecular formula is C9H12N4OS. The van der Waals surface area contributed by atoms with Crippen LogP contribution in [0, 0.1) is 0 Å². The number of thioether (sulfide) groups is 1. The lowest BCUT2D eigenvalue weighted by atomic mass is 10.3. The number of nitrogens with one attached hydrogen (secondary N) is 1. The summed E-state index contributed by atoms with van der Waals surface area (Å²) in [6, 6.07) is 0. The minimum Gasteiger partial charge on any atom is -0.341 e. The first kappa shape index (κ1) is 10.3. The molecular weight excluding hydrogens is 212 g/mol. The average molecular weight is 224 g/mol. The predicted molar refractivity (Wildman–Crippen MR) is 58.7 cm³/mol. The van der Waals surface area contributed by atoms with E-state index in [0.29, 0.717) is 5.82 Å². The van der Waals surface area contributed by atoms with Crippen molar-refractivity contribution < 1.29 is 4.79 Å². The molecule has 1 unspecified atom stereocenters. The number of aromatic nitrogens is 2. The van der Waals surface area contributed by atoms with Crippen LogP contribution in [0.3, 0.4) is 0 Å². The van der Waals surface area contributed by atoms with Gasteiger partial charge in [-0.05, 0) is 11.8 Å². The summed E-state index contributed by atoms with van der Waals surface area (Å²) in [6.07, 6.45) is 3.96. The van der Waals surface area contributed by atoms with E-state index in [1.54, 1.807) is 17.3 Å². The Morgan fingerprint density at radius 2 is 2.60 bits per heavy atom. The summed E-state index contributed by atoms with van der Waals surface area (Å²) in [4.78, 5) is 20.3. The lowest BCUT2D eigenvalue weighted by molar-refractivity contribution is 0.0784. The number of H-pyrrole nitrogens is 1. The van der Waals surface area contributed by atoms with Crippen LogP contribution in [0.2, 0.25) is 0 Å². The Morgan fingerprint density at radius 1 is 1.80 bits per heavy atom. The molecule has 1 aromatic rings. The van der Waals surface area contributed by atoms with Crippen molar-refractivity contribution in [1.29, 1.82) is 0 Å². The van der Waals surface area contributed by atoms with Gasteiger partial charge in [-0.3, -0.25) is 9.69 Å². The predicted octanol–water partition coefficient (Wildman–Crippen LogP) is 1.09. The van der Waals surface area contributed by atoms with Crippen LogP contribution in [0.15, 0.2) is 23.5 Å². The van der Waals surface area contributed by atoms with Gasteiger partial charge in [-0.25, -0.2) is 4.98 Å². The fourth-order valence-electron chi connectivity index (χ4n) is 1.43. The number of hydrogen-bond acceptors (Lipinski definition) is 4. The van der Waals surface area contributed by atoms with E-state index in [2.05, 4.69) is 9.97 Å². The molecule has 15 heavy (non-hydrogen) atoms. The van der Waals surface area contributed by atoms with Gasteiger partial charge in [-0.15, -0.1) is 0 Å². The van der Waals surface area contributed by atoms with E-state index >= 15 is 0 Å². The smallest absolute Gasteiger partial charge is 0.295 e. The molecule has 0 radical (unpaired) electrons. The molecule has 1 aromatic heterocycles. The number of nitrogens with zero attached hydrogens (tertiary/aromatic N) is 2. The molecule has 0 aromatic carbocycles. The lowest BCUT2D eigenvalue weighted by Crippen LogP contribution is -2.40. The lowest BCUT2D eigenvalue weighted by Gasteiger charge is -2.22. The van der Waals surface area contributed by atoms with Gasteiger partial charge in [-0.1, -0.05) is 18.7 Å². The van der Waals surface area contributed by atoms with Crippen LogP contribution in [0.25, 0.3) is 0 Å². The van der Waals surface area contributed by atoms with Gasteiger partial charge in [0.2, 0.25) is 0 Å². The molecule has 1 amide bonds. The van der Waals surface area contributed by atoms with Crippen molar-refractivity contribution in [2.45, 2.75) is 18.8 Å². The molecule has 5 nitrogen and oxygen atoms in total. The van der Waals surface area contributed by atoms with E-state index in [4.69, 9.17) is 5.73 Å². The van der Waals surface area contributed by atoms with Crippen LogP contribution in [-0.4, -0.2) is 26.3 Å². The molecule has 1 atom stereocenters. The molecule has 0 bridgehead atoms. The Labute approximate surface area is 91.7 Å². The van der Waals surface area contributed by atoms with Crippen LogP contribution < -0.4 is 5.73 Å². The highest BCUT2D eigenvalue weighted by Gasteiger charge is 2.30. The van der Waals surface area contributed by atoms with Crippen molar-refractivity contribution in [3.63, 3.8) is 0 Å². The standard InChI is InChI=1S/C9H12N4OS/c1-2-6-5-15-9(10)13(6)8(14)7-11-3-4-12-7/h3-5,9H,2,10H2,1H3,(H,11,12). The first-order valence-electron chi connectivity index (χ1n) is 4.67. The molecule has 80 valence electrons. The van der Waals surface area contributed by atoms with Gasteiger partial charge in [0.1, 0.15) is 5.50 Å². The number of carbonyl (C=O) groups excluding carboxylic acids is 1. The van der Waals surface area contributed by atoms with Crippen LogP contribution in [-0.2, 0) is 0 Å². The first-order valence-corrected chi connectivity index (χ1v) is 5.61. The molecule has 3 N–H and O–H groups in total. The van der Waals surface area contributed by atoms with Crippen molar-refractivity contribution in [1.82, 2.24) is 14.9 Å². The second-order valence-electron chi connectivity index (χ2n) is 3.10. The topological polar surface area (TPSA) is 75.0 Å². The number of amides is 1. The third kappa shape index (κ3) is 1.78. The zero-order valence-electron chi connectivity index (χ0n) is 8.30. The van der Waals surface area contributed by atoms with E-state index in [1.165, 1.54) is 11.8 Å². The number of rotatable bonds is 2. The second kappa shape index (κ2) is 4.08. The Bertz CT molecular complexity index is 387. The average Bonchev–Trinajstić information content (AvgIpc) is 2.85. The summed E-state index contributed by atoms with van der Waals surface area (Å²) >= 11 is 1.44. The van der Waals surface area contributed by atoms with Crippen molar-refractivity contribution >= 4 is 17.7 Å². The number of hydrogen-bond donors (Lipinski definition) is 2. The summed E-state index contributed by atoms with van der Waals surface area (Å²) in [6.45, 7) is 1.99. The molecule has 2 heterocycles. The number of nitrogens with two attached hydrogens (primary N) is 1. The number of imidazole rings is 1. The van der Waals surface area contributed by atoms with Crippen LogP contribution in [0.5, 0.6) is 0 Å². The van der Waals surface area contributed by atoms with Gasteiger partial charge in [0.25, 0.3) is 5.91 Å². The van der Waals surface area contributed by atoms with E-state index in [9.17, 15) is 4.79 Å². The van der Waals surface area contributed by atoms with Crippen LogP contribution in [0.1, 0.15) is 24.0 Å². The van der Waals surface area contributed by atoms with Gasteiger partial charge in [0.05, 0.1) is 0 Å². The third-order valence-corrected chi connectivity index (χ3v) is 3.09. The summed E-state index contributed by atoms with van der Waals surface area (Å²) in [7, 11) is 0. The van der Waals surface area contributed by atoms with Crippen molar-refractivity contribution in [3.8, 4) is 0 Å². The summed E-state index contributed by atoms with van der Waals surface area (Å²) < 4.78 is 0. The maximum atomic E-state index is 12.0. The van der Waals surface area contributed by atoms with E-state index < -0.39 is 0 Å². The van der Waals surface area contributed by atoms with Gasteiger partial charge in [-0.2, -0.15) is 0 Å². The van der Waals surface area contributed by atoms with E-state index in [-0.39, 0.29) is 11.4 Å². The highest BCUT2D eigenvalue weighted by molar-refractivity contribution is 8.02. The Kier molecular flexibility index (Phi) is 2.79. The summed E-state index contributed by atoms with van der Waals surface area (Å²) in [5.74, 6) is 0.151. The van der Waals surface area contributed by atoms with Crippen LogP contribution >= 0.6 is 11.8 Å². The van der Waals surface area contributed by atoms with Crippen molar-refractivity contribution in [3.05, 3.63) is 29.3 Å². The van der Waals surface area contributed by atoms with Crippen molar-refractivity contribution in [2.24, 2.45) is 5.73 Å². The van der Waals surface area contributed by atoms with Gasteiger partial charge in [0.15, 0.2) is 5.82 Å². The molecule has 0 spiro atoms. The molecule has 0 saturated heterocycles. The normalized spacial score (nSPS) is 20.5. The molecule has 1 aliphatic rings. The maximum Gasteiger partial charge on any atom is 0.295 e. The number of aromatic amines is 1. The Morgan fingerprint density at radius 3 is 3.20 bits per heavy atom. The minimum absolute atomic E-state index is 0.175. The molecule has 0 aliphatic carbocycles. The van der Waals surface area contributed by atoms with Gasteiger partial charge >= 0.3 is 0 Å². The molecule has 6 heteroatoms. The fraction of sp³-hybridized carbons (Fsp3) is 0.333. The highest BCUT2D eigenvalue weighted by Crippen LogP contribution is 2.30. The van der Waals surface area contributed by atoms with E-state index in [1.807, 2.05) is 12.3 Å². The molecule has 0 saturated carbocycles. The quantitative estimate of drug-likeness (QED) is 0.788.